The van der Waals surface area contributed by atoms with Crippen LogP contribution in [0.1, 0.15) is 27.7 Å². The fourth-order valence-electron chi connectivity index (χ4n) is 1.41. The average Bonchev–Trinajstić information content (AvgIpc) is 2.67. The first kappa shape index (κ1) is 12.1. The first-order valence-corrected chi connectivity index (χ1v) is 5.49. The van der Waals surface area contributed by atoms with Gasteiger partial charge in [0.05, 0.1) is 17.8 Å². The minimum Gasteiger partial charge on any atom is -0.444 e. The second-order valence-corrected chi connectivity index (χ2v) is 3.90. The molecule has 0 radical (unpaired) electrons. The van der Waals surface area contributed by atoms with Gasteiger partial charge in [-0.2, -0.15) is 0 Å². The van der Waals surface area contributed by atoms with Gasteiger partial charge in [0, 0.05) is 6.20 Å². The number of carbonyl (C=O) groups is 1. The minimum atomic E-state index is -0.240. The van der Waals surface area contributed by atoms with E-state index in [2.05, 4.69) is 15.3 Å². The van der Waals surface area contributed by atoms with E-state index in [0.29, 0.717) is 17.3 Å². The molecule has 2 rings (SSSR count). The van der Waals surface area contributed by atoms with E-state index in [0.717, 1.165) is 11.5 Å². The van der Waals surface area contributed by atoms with Crippen LogP contribution in [0.5, 0.6) is 0 Å². The maximum atomic E-state index is 11.8. The number of nitrogens with one attached hydrogen (secondary N) is 1. The molecule has 0 aliphatic carbocycles. The van der Waals surface area contributed by atoms with E-state index >= 15 is 0 Å². The van der Waals surface area contributed by atoms with Crippen molar-refractivity contribution < 1.29 is 9.21 Å². The number of oxazole rings is 1. The Balaban J connectivity index is 1.98. The first-order valence-electron chi connectivity index (χ1n) is 5.49. The van der Waals surface area contributed by atoms with Crippen LogP contribution in [0, 0.1) is 13.8 Å². The minimum absolute atomic E-state index is 0.240. The molecular formula is C12H14N4O2. The Morgan fingerprint density at radius 2 is 2.22 bits per heavy atom. The van der Waals surface area contributed by atoms with Crippen LogP contribution in [0.3, 0.4) is 0 Å². The number of aryl methyl sites for hydroxylation is 2. The van der Waals surface area contributed by atoms with Gasteiger partial charge in [0.2, 0.25) is 5.89 Å². The lowest BCUT2D eigenvalue weighted by molar-refractivity contribution is 0.0947. The van der Waals surface area contributed by atoms with Gasteiger partial charge in [-0.1, -0.05) is 0 Å². The molecule has 0 unspecified atom stereocenters. The summed E-state index contributed by atoms with van der Waals surface area (Å²) in [6, 6.07) is 3.19. The van der Waals surface area contributed by atoms with Gasteiger partial charge in [-0.05, 0) is 26.0 Å². The number of carbonyl (C=O) groups excluding carboxylic acids is 1. The van der Waals surface area contributed by atoms with Crippen LogP contribution in [0.25, 0.3) is 0 Å². The number of nitrogens with two attached hydrogens (primary N) is 1. The standard InChI is InChI=1S/C12H14N4O2/c1-7-8(2)18-11(16-7)6-15-12(17)9-3-4-10(13)14-5-9/h3-5H,6H2,1-2H3,(H2,13,14)(H,15,17). The molecule has 6 nitrogen and oxygen atoms in total. The van der Waals surface area contributed by atoms with E-state index in [1.807, 2.05) is 13.8 Å². The molecular weight excluding hydrogens is 232 g/mol. The Morgan fingerprint density at radius 3 is 2.78 bits per heavy atom. The highest BCUT2D eigenvalue weighted by molar-refractivity contribution is 5.93. The van der Waals surface area contributed by atoms with E-state index in [1.165, 1.54) is 6.20 Å². The summed E-state index contributed by atoms with van der Waals surface area (Å²) < 4.78 is 5.36. The molecule has 1 amide bonds. The number of nitrogen functional groups attached to an aromatic ring is 1. The quantitative estimate of drug-likeness (QED) is 0.848. The molecule has 0 saturated heterocycles. The number of nitrogens with zero attached hydrogens (tertiary/aromatic N) is 2. The van der Waals surface area contributed by atoms with Crippen LogP contribution < -0.4 is 11.1 Å². The predicted molar refractivity (Wildman–Crippen MR) is 65.8 cm³/mol. The van der Waals surface area contributed by atoms with Crippen LogP contribution in [0.4, 0.5) is 5.82 Å². The van der Waals surface area contributed by atoms with Gasteiger partial charge < -0.3 is 15.5 Å². The fourth-order valence-corrected chi connectivity index (χ4v) is 1.41. The normalized spacial score (nSPS) is 10.3. The molecule has 0 spiro atoms. The fraction of sp³-hybridized carbons (Fsp3) is 0.250. The summed E-state index contributed by atoms with van der Waals surface area (Å²) in [4.78, 5) is 19.8. The van der Waals surface area contributed by atoms with E-state index in [9.17, 15) is 4.79 Å². The smallest absolute Gasteiger partial charge is 0.253 e. The van der Waals surface area contributed by atoms with Gasteiger partial charge in [0.1, 0.15) is 11.6 Å². The second-order valence-electron chi connectivity index (χ2n) is 3.90. The molecule has 3 N–H and O–H groups in total. The summed E-state index contributed by atoms with van der Waals surface area (Å²) in [5.74, 6) is 1.39. The molecule has 18 heavy (non-hydrogen) atoms. The number of hydrogen-bond acceptors (Lipinski definition) is 5. The summed E-state index contributed by atoms with van der Waals surface area (Å²) >= 11 is 0. The molecule has 0 aliphatic rings. The lowest BCUT2D eigenvalue weighted by Gasteiger charge is -2.02. The summed E-state index contributed by atoms with van der Waals surface area (Å²) in [6.07, 6.45) is 1.43. The SMILES string of the molecule is Cc1nc(CNC(=O)c2ccc(N)nc2)oc1C. The Hall–Kier alpha value is -2.37. The monoisotopic (exact) mass is 246 g/mol. The highest BCUT2D eigenvalue weighted by Crippen LogP contribution is 2.08. The Labute approximate surface area is 104 Å². The van der Waals surface area contributed by atoms with Crippen LogP contribution in [-0.2, 0) is 6.54 Å². The van der Waals surface area contributed by atoms with Crippen molar-refractivity contribution in [1.82, 2.24) is 15.3 Å². The molecule has 0 aliphatic heterocycles. The molecule has 0 saturated carbocycles. The molecule has 6 heteroatoms. The van der Waals surface area contributed by atoms with Crippen LogP contribution in [-0.4, -0.2) is 15.9 Å². The number of anilines is 1. The summed E-state index contributed by atoms with van der Waals surface area (Å²) in [7, 11) is 0. The van der Waals surface area contributed by atoms with E-state index in [-0.39, 0.29) is 12.5 Å². The molecule has 2 aromatic heterocycles. The van der Waals surface area contributed by atoms with Crippen molar-refractivity contribution >= 4 is 11.7 Å². The number of amides is 1. The van der Waals surface area contributed by atoms with Crippen molar-refractivity contribution in [2.24, 2.45) is 0 Å². The van der Waals surface area contributed by atoms with E-state index < -0.39 is 0 Å². The van der Waals surface area contributed by atoms with Crippen LogP contribution in [0.2, 0.25) is 0 Å². The summed E-state index contributed by atoms with van der Waals surface area (Å²) in [6.45, 7) is 3.93. The molecule has 0 atom stereocenters. The van der Waals surface area contributed by atoms with Crippen molar-refractivity contribution in [2.75, 3.05) is 5.73 Å². The molecule has 0 fully saturated rings. The largest absolute Gasteiger partial charge is 0.444 e. The van der Waals surface area contributed by atoms with Crippen molar-refractivity contribution in [1.29, 1.82) is 0 Å². The number of hydrogen-bond donors (Lipinski definition) is 2. The zero-order valence-electron chi connectivity index (χ0n) is 10.2. The van der Waals surface area contributed by atoms with Gasteiger partial charge in [-0.15, -0.1) is 0 Å². The topological polar surface area (TPSA) is 94.0 Å². The van der Waals surface area contributed by atoms with Crippen molar-refractivity contribution in [3.05, 3.63) is 41.2 Å². The molecule has 0 bridgehead atoms. The Bertz CT molecular complexity index is 540. The zero-order valence-corrected chi connectivity index (χ0v) is 10.2. The van der Waals surface area contributed by atoms with Crippen LogP contribution in [0.15, 0.2) is 22.7 Å². The molecule has 2 aromatic rings. The third kappa shape index (κ3) is 2.65. The second kappa shape index (κ2) is 4.87. The van der Waals surface area contributed by atoms with Gasteiger partial charge in [-0.3, -0.25) is 4.79 Å². The first-order chi connectivity index (χ1) is 8.56. The lowest BCUT2D eigenvalue weighted by Crippen LogP contribution is -2.23. The van der Waals surface area contributed by atoms with E-state index in [4.69, 9.17) is 10.2 Å². The number of pyridine rings is 1. The number of aromatic nitrogens is 2. The number of rotatable bonds is 3. The Kier molecular flexibility index (Phi) is 3.27. The van der Waals surface area contributed by atoms with Crippen molar-refractivity contribution in [3.8, 4) is 0 Å². The van der Waals surface area contributed by atoms with Crippen molar-refractivity contribution in [2.45, 2.75) is 20.4 Å². The predicted octanol–water partition coefficient (Wildman–Crippen LogP) is 1.20. The van der Waals surface area contributed by atoms with Gasteiger partial charge in [-0.25, -0.2) is 9.97 Å². The third-order valence-electron chi connectivity index (χ3n) is 2.52. The summed E-state index contributed by atoms with van der Waals surface area (Å²) in [5, 5.41) is 2.70. The van der Waals surface area contributed by atoms with Gasteiger partial charge in [0.25, 0.3) is 5.91 Å². The third-order valence-corrected chi connectivity index (χ3v) is 2.52. The van der Waals surface area contributed by atoms with Crippen molar-refractivity contribution in [3.63, 3.8) is 0 Å². The average molecular weight is 246 g/mol. The molecule has 2 heterocycles. The Morgan fingerprint density at radius 1 is 1.44 bits per heavy atom. The molecule has 0 aromatic carbocycles. The van der Waals surface area contributed by atoms with Gasteiger partial charge >= 0.3 is 0 Å². The van der Waals surface area contributed by atoms with E-state index in [1.54, 1.807) is 12.1 Å². The molecule has 94 valence electrons. The maximum Gasteiger partial charge on any atom is 0.253 e. The maximum absolute atomic E-state index is 11.8. The lowest BCUT2D eigenvalue weighted by atomic mass is 10.2. The highest BCUT2D eigenvalue weighted by atomic mass is 16.4. The summed E-state index contributed by atoms with van der Waals surface area (Å²) in [5.41, 5.74) is 6.72. The van der Waals surface area contributed by atoms with Gasteiger partial charge in [0.15, 0.2) is 0 Å². The highest BCUT2D eigenvalue weighted by Gasteiger charge is 2.09. The van der Waals surface area contributed by atoms with Crippen LogP contribution >= 0.6 is 0 Å². The zero-order chi connectivity index (χ0) is 13.1.